The maximum atomic E-state index is 13.4. The minimum atomic E-state index is -1.43. The van der Waals surface area contributed by atoms with Gasteiger partial charge in [-0.3, -0.25) is 0 Å². The Bertz CT molecular complexity index is 592. The maximum absolute atomic E-state index is 13.4. The average molecular weight is 378 g/mol. The lowest BCUT2D eigenvalue weighted by Gasteiger charge is -2.19. The summed E-state index contributed by atoms with van der Waals surface area (Å²) in [6, 6.07) is 3.80. The Labute approximate surface area is 134 Å². The van der Waals surface area contributed by atoms with Gasteiger partial charge in [0.15, 0.2) is 17.5 Å². The molecule has 0 radical (unpaired) electrons. The maximum Gasteiger partial charge on any atom is 0.194 e. The van der Waals surface area contributed by atoms with Crippen molar-refractivity contribution in [2.24, 2.45) is 0 Å². The molecule has 6 heteroatoms. The summed E-state index contributed by atoms with van der Waals surface area (Å²) in [5.41, 5.74) is 0.417. The van der Waals surface area contributed by atoms with Gasteiger partial charge in [-0.1, -0.05) is 6.92 Å². The summed E-state index contributed by atoms with van der Waals surface area (Å²) in [5, 5.41) is 5.20. The lowest BCUT2D eigenvalue weighted by Crippen LogP contribution is -2.24. The Kier molecular flexibility index (Phi) is 5.84. The minimum absolute atomic E-state index is 0.260. The summed E-state index contributed by atoms with van der Waals surface area (Å²) in [6.45, 7) is 2.73. The van der Waals surface area contributed by atoms with E-state index in [9.17, 15) is 13.2 Å². The van der Waals surface area contributed by atoms with Crippen molar-refractivity contribution in [3.63, 3.8) is 0 Å². The molecule has 0 spiro atoms. The first-order valence-electron chi connectivity index (χ1n) is 6.62. The molecule has 0 saturated carbocycles. The molecule has 1 N–H and O–H groups in total. The van der Waals surface area contributed by atoms with Crippen LogP contribution in [0.4, 0.5) is 13.2 Å². The Morgan fingerprint density at radius 2 is 1.90 bits per heavy atom. The standard InChI is InChI=1S/C15H15BrF3NS/c1-2-4-20-13(8-14-10(16)3-5-21-14)9-6-11(17)15(19)12(18)7-9/h3,5-7,13,20H,2,4,8H2,1H3. The first kappa shape index (κ1) is 16.5. The highest BCUT2D eigenvalue weighted by atomic mass is 79.9. The first-order valence-corrected chi connectivity index (χ1v) is 8.29. The van der Waals surface area contributed by atoms with Gasteiger partial charge in [-0.25, -0.2) is 13.2 Å². The van der Waals surface area contributed by atoms with E-state index in [1.807, 2.05) is 18.4 Å². The molecule has 1 heterocycles. The van der Waals surface area contributed by atoms with Crippen molar-refractivity contribution in [2.75, 3.05) is 6.54 Å². The van der Waals surface area contributed by atoms with E-state index in [0.717, 1.165) is 27.9 Å². The predicted molar refractivity (Wildman–Crippen MR) is 83.1 cm³/mol. The molecule has 114 valence electrons. The Balaban J connectivity index is 2.29. The molecule has 1 unspecified atom stereocenters. The second-order valence-electron chi connectivity index (χ2n) is 4.70. The van der Waals surface area contributed by atoms with Crippen LogP contribution in [0.5, 0.6) is 0 Å². The molecule has 1 atom stereocenters. The van der Waals surface area contributed by atoms with E-state index in [4.69, 9.17) is 0 Å². The van der Waals surface area contributed by atoms with Crippen molar-refractivity contribution in [1.82, 2.24) is 5.32 Å². The van der Waals surface area contributed by atoms with Gasteiger partial charge in [0.2, 0.25) is 0 Å². The zero-order valence-electron chi connectivity index (χ0n) is 11.4. The molecule has 21 heavy (non-hydrogen) atoms. The number of rotatable bonds is 6. The van der Waals surface area contributed by atoms with E-state index in [0.29, 0.717) is 18.5 Å². The van der Waals surface area contributed by atoms with Crippen LogP contribution >= 0.6 is 27.3 Å². The molecule has 1 aromatic carbocycles. The van der Waals surface area contributed by atoms with Crippen molar-refractivity contribution >= 4 is 27.3 Å². The molecule has 0 aliphatic carbocycles. The zero-order chi connectivity index (χ0) is 15.4. The molecular formula is C15H15BrF3NS. The normalized spacial score (nSPS) is 12.6. The molecule has 0 aliphatic rings. The fourth-order valence-corrected chi connectivity index (χ4v) is 3.62. The molecule has 0 amide bonds. The average Bonchev–Trinajstić information content (AvgIpc) is 2.85. The lowest BCUT2D eigenvalue weighted by atomic mass is 10.0. The Morgan fingerprint density at radius 1 is 1.24 bits per heavy atom. The second kappa shape index (κ2) is 7.42. The number of hydrogen-bond donors (Lipinski definition) is 1. The van der Waals surface area contributed by atoms with Crippen LogP contribution in [0.3, 0.4) is 0 Å². The topological polar surface area (TPSA) is 12.0 Å². The summed E-state index contributed by atoms with van der Waals surface area (Å²) in [6.07, 6.45) is 1.48. The van der Waals surface area contributed by atoms with E-state index < -0.39 is 17.5 Å². The number of benzene rings is 1. The van der Waals surface area contributed by atoms with Crippen LogP contribution in [0.2, 0.25) is 0 Å². The van der Waals surface area contributed by atoms with Gasteiger partial charge in [0, 0.05) is 21.8 Å². The fraction of sp³-hybridized carbons (Fsp3) is 0.333. The van der Waals surface area contributed by atoms with E-state index in [1.165, 1.54) is 0 Å². The monoisotopic (exact) mass is 377 g/mol. The van der Waals surface area contributed by atoms with Gasteiger partial charge in [0.25, 0.3) is 0 Å². The highest BCUT2D eigenvalue weighted by Crippen LogP contribution is 2.29. The van der Waals surface area contributed by atoms with Gasteiger partial charge in [-0.2, -0.15) is 0 Å². The van der Waals surface area contributed by atoms with E-state index in [2.05, 4.69) is 21.2 Å². The van der Waals surface area contributed by atoms with Crippen LogP contribution in [0.25, 0.3) is 0 Å². The van der Waals surface area contributed by atoms with Crippen LogP contribution in [-0.2, 0) is 6.42 Å². The van der Waals surface area contributed by atoms with E-state index in [1.54, 1.807) is 11.3 Å². The second-order valence-corrected chi connectivity index (χ2v) is 6.56. The zero-order valence-corrected chi connectivity index (χ0v) is 13.8. The van der Waals surface area contributed by atoms with Gasteiger partial charge >= 0.3 is 0 Å². The summed E-state index contributed by atoms with van der Waals surface area (Å²) >= 11 is 5.02. The number of nitrogens with one attached hydrogen (secondary N) is 1. The lowest BCUT2D eigenvalue weighted by molar-refractivity contribution is 0.438. The summed E-state index contributed by atoms with van der Waals surface area (Å²) in [4.78, 5) is 1.08. The van der Waals surface area contributed by atoms with Crippen molar-refractivity contribution in [3.8, 4) is 0 Å². The van der Waals surface area contributed by atoms with Crippen LogP contribution < -0.4 is 5.32 Å². The van der Waals surface area contributed by atoms with E-state index in [-0.39, 0.29) is 6.04 Å². The highest BCUT2D eigenvalue weighted by Gasteiger charge is 2.18. The van der Waals surface area contributed by atoms with Crippen molar-refractivity contribution < 1.29 is 13.2 Å². The predicted octanol–water partition coefficient (Wildman–Crippen LogP) is 5.21. The van der Waals surface area contributed by atoms with Crippen LogP contribution in [-0.4, -0.2) is 6.54 Å². The van der Waals surface area contributed by atoms with Crippen molar-refractivity contribution in [2.45, 2.75) is 25.8 Å². The van der Waals surface area contributed by atoms with E-state index >= 15 is 0 Å². The van der Waals surface area contributed by atoms with Gasteiger partial charge in [0.05, 0.1) is 0 Å². The summed E-state index contributed by atoms with van der Waals surface area (Å²) in [7, 11) is 0. The third kappa shape index (κ3) is 4.08. The van der Waals surface area contributed by atoms with Crippen LogP contribution in [0, 0.1) is 17.5 Å². The first-order chi connectivity index (χ1) is 10.0. The summed E-state index contributed by atoms with van der Waals surface area (Å²) < 4.78 is 40.9. The highest BCUT2D eigenvalue weighted by molar-refractivity contribution is 9.10. The van der Waals surface area contributed by atoms with Gasteiger partial charge in [0.1, 0.15) is 0 Å². The molecule has 0 aliphatic heterocycles. The molecule has 1 nitrogen and oxygen atoms in total. The molecule has 2 aromatic rings. The SMILES string of the molecule is CCCNC(Cc1sccc1Br)c1cc(F)c(F)c(F)c1. The van der Waals surface area contributed by atoms with Gasteiger partial charge < -0.3 is 5.32 Å². The molecule has 1 aromatic heterocycles. The number of thiophene rings is 1. The Hall–Kier alpha value is -0.850. The van der Waals surface area contributed by atoms with Crippen molar-refractivity contribution in [3.05, 3.63) is 55.9 Å². The van der Waals surface area contributed by atoms with Gasteiger partial charge in [-0.15, -0.1) is 11.3 Å². The fourth-order valence-electron chi connectivity index (χ4n) is 2.06. The molecule has 2 rings (SSSR count). The quantitative estimate of drug-likeness (QED) is 0.681. The molecule has 0 bridgehead atoms. The van der Waals surface area contributed by atoms with Crippen molar-refractivity contribution in [1.29, 1.82) is 0 Å². The smallest absolute Gasteiger partial charge is 0.194 e. The molecule has 0 saturated heterocycles. The van der Waals surface area contributed by atoms with Crippen LogP contribution in [0.15, 0.2) is 28.1 Å². The Morgan fingerprint density at radius 3 is 2.43 bits per heavy atom. The molecular weight excluding hydrogens is 363 g/mol. The third-order valence-corrected chi connectivity index (χ3v) is 5.08. The van der Waals surface area contributed by atoms with Gasteiger partial charge in [-0.05, 0) is 58.0 Å². The number of halogens is 4. The number of hydrogen-bond acceptors (Lipinski definition) is 2. The third-order valence-electron chi connectivity index (χ3n) is 3.13. The minimum Gasteiger partial charge on any atom is -0.310 e. The molecule has 0 fully saturated rings. The summed E-state index contributed by atoms with van der Waals surface area (Å²) in [5.74, 6) is -3.73. The van der Waals surface area contributed by atoms with Crippen LogP contribution in [0.1, 0.15) is 29.8 Å². The largest absolute Gasteiger partial charge is 0.310 e.